The van der Waals surface area contributed by atoms with Gasteiger partial charge in [0.2, 0.25) is 0 Å². The van der Waals surface area contributed by atoms with Gasteiger partial charge in [0, 0.05) is 5.02 Å². The number of nitrogens with zero attached hydrogens (tertiary/aromatic N) is 2. The Labute approximate surface area is 131 Å². The highest BCUT2D eigenvalue weighted by Gasteiger charge is 2.46. The van der Waals surface area contributed by atoms with E-state index in [2.05, 4.69) is 0 Å². The first kappa shape index (κ1) is 14.3. The van der Waals surface area contributed by atoms with Gasteiger partial charge in [0.25, 0.3) is 0 Å². The summed E-state index contributed by atoms with van der Waals surface area (Å²) in [6, 6.07) is 12.3. The molecule has 1 aliphatic heterocycles. The highest BCUT2D eigenvalue weighted by molar-refractivity contribution is 6.60. The number of rotatable bonds is 2. The number of anilines is 2. The van der Waals surface area contributed by atoms with Gasteiger partial charge in [-0.2, -0.15) is 0 Å². The Kier molecular flexibility index (Phi) is 3.42. The van der Waals surface area contributed by atoms with Crippen LogP contribution >= 0.6 is 11.6 Å². The molecule has 2 aromatic rings. The average molecular weight is 315 g/mol. The Balaban J connectivity index is 2.02. The maximum absolute atomic E-state index is 12.5. The predicted molar refractivity (Wildman–Crippen MR) is 83.0 cm³/mol. The Morgan fingerprint density at radius 3 is 2.00 bits per heavy atom. The van der Waals surface area contributed by atoms with Crippen LogP contribution in [0.1, 0.15) is 5.56 Å². The van der Waals surface area contributed by atoms with Crippen LogP contribution in [0.15, 0.2) is 48.5 Å². The molecule has 0 radical (unpaired) electrons. The van der Waals surface area contributed by atoms with Crippen LogP contribution in [0.2, 0.25) is 5.02 Å². The highest BCUT2D eigenvalue weighted by atomic mass is 35.5. The smallest absolute Gasteiger partial charge is 0.262 e. The largest absolute Gasteiger partial charge is 0.343 e. The second-order valence-corrected chi connectivity index (χ2v) is 5.32. The molecular weight excluding hydrogens is 304 g/mol. The predicted octanol–water partition coefficient (Wildman–Crippen LogP) is 3.15. The van der Waals surface area contributed by atoms with Crippen LogP contribution in [0, 0.1) is 6.92 Å². The van der Waals surface area contributed by atoms with Crippen LogP contribution < -0.4 is 9.80 Å². The molecule has 1 aliphatic rings. The third-order valence-electron chi connectivity index (χ3n) is 3.33. The molecule has 1 fully saturated rings. The van der Waals surface area contributed by atoms with Gasteiger partial charge in [-0.1, -0.05) is 35.4 Å². The van der Waals surface area contributed by atoms with Crippen LogP contribution in [0.3, 0.4) is 0 Å². The average Bonchev–Trinajstić information content (AvgIpc) is 2.71. The molecule has 6 heteroatoms. The summed E-state index contributed by atoms with van der Waals surface area (Å²) in [4.78, 5) is 38.5. The summed E-state index contributed by atoms with van der Waals surface area (Å²) in [6.07, 6.45) is 0. The van der Waals surface area contributed by atoms with Crippen LogP contribution in [-0.4, -0.2) is 17.8 Å². The van der Waals surface area contributed by atoms with Gasteiger partial charge in [0.15, 0.2) is 0 Å². The van der Waals surface area contributed by atoms with E-state index in [-0.39, 0.29) is 5.69 Å². The second kappa shape index (κ2) is 5.27. The molecule has 0 N–H and O–H groups in total. The van der Waals surface area contributed by atoms with Crippen LogP contribution in [-0.2, 0) is 9.59 Å². The number of hydrogen-bond donors (Lipinski definition) is 0. The molecule has 4 amide bonds. The normalized spacial score (nSPS) is 14.9. The molecule has 0 aromatic heterocycles. The molecule has 0 atom stereocenters. The van der Waals surface area contributed by atoms with Crippen LogP contribution in [0.4, 0.5) is 16.2 Å². The van der Waals surface area contributed by atoms with E-state index < -0.39 is 17.8 Å². The maximum atomic E-state index is 12.5. The van der Waals surface area contributed by atoms with Gasteiger partial charge in [-0.15, -0.1) is 0 Å². The lowest BCUT2D eigenvalue weighted by Crippen LogP contribution is -2.33. The van der Waals surface area contributed by atoms with Crippen molar-refractivity contribution in [2.24, 2.45) is 0 Å². The number of amides is 4. The number of imide groups is 2. The Bertz CT molecular complexity index is 786. The maximum Gasteiger partial charge on any atom is 0.343 e. The molecule has 0 bridgehead atoms. The molecule has 5 nitrogen and oxygen atoms in total. The SMILES string of the molecule is Cc1ccc(N2C(=O)C(=O)N(c3cccc(Cl)c3)C2=O)cc1. The molecule has 0 spiro atoms. The van der Waals surface area contributed by atoms with Gasteiger partial charge in [0.05, 0.1) is 11.4 Å². The highest BCUT2D eigenvalue weighted by Crippen LogP contribution is 2.28. The molecule has 22 heavy (non-hydrogen) atoms. The standard InChI is InChI=1S/C16H11ClN2O3/c1-10-5-7-12(8-6-10)18-14(20)15(21)19(16(18)22)13-4-2-3-11(17)9-13/h2-9H,1H3. The summed E-state index contributed by atoms with van der Waals surface area (Å²) in [5, 5.41) is 0.374. The summed E-state index contributed by atoms with van der Waals surface area (Å²) in [5.74, 6) is -1.78. The van der Waals surface area contributed by atoms with E-state index in [0.717, 1.165) is 15.4 Å². The van der Waals surface area contributed by atoms with Crippen LogP contribution in [0.5, 0.6) is 0 Å². The van der Waals surface area contributed by atoms with Crippen molar-refractivity contribution in [3.63, 3.8) is 0 Å². The lowest BCUT2D eigenvalue weighted by Gasteiger charge is -2.15. The van der Waals surface area contributed by atoms with Crippen molar-refractivity contribution in [1.29, 1.82) is 0 Å². The first-order valence-electron chi connectivity index (χ1n) is 6.54. The molecule has 0 aliphatic carbocycles. The number of halogens is 1. The van der Waals surface area contributed by atoms with Crippen molar-refractivity contribution in [1.82, 2.24) is 0 Å². The fourth-order valence-electron chi connectivity index (χ4n) is 2.23. The third-order valence-corrected chi connectivity index (χ3v) is 3.57. The second-order valence-electron chi connectivity index (χ2n) is 4.88. The van der Waals surface area contributed by atoms with Crippen molar-refractivity contribution in [3.8, 4) is 0 Å². The molecule has 2 aromatic carbocycles. The number of carbonyl (C=O) groups excluding carboxylic acids is 3. The van der Waals surface area contributed by atoms with Gasteiger partial charge in [-0.25, -0.2) is 14.6 Å². The van der Waals surface area contributed by atoms with E-state index in [4.69, 9.17) is 11.6 Å². The van der Waals surface area contributed by atoms with E-state index in [9.17, 15) is 14.4 Å². The van der Waals surface area contributed by atoms with E-state index in [1.165, 1.54) is 6.07 Å². The Hall–Kier alpha value is -2.66. The molecule has 1 heterocycles. The Morgan fingerprint density at radius 2 is 1.41 bits per heavy atom. The minimum atomic E-state index is -0.896. The monoisotopic (exact) mass is 314 g/mol. The number of carbonyl (C=O) groups is 3. The summed E-state index contributed by atoms with van der Waals surface area (Å²) >= 11 is 5.88. The minimum absolute atomic E-state index is 0.269. The first-order chi connectivity index (χ1) is 10.5. The van der Waals surface area contributed by atoms with Gasteiger partial charge < -0.3 is 0 Å². The lowest BCUT2D eigenvalue weighted by molar-refractivity contribution is -0.133. The Morgan fingerprint density at radius 1 is 0.818 bits per heavy atom. The number of urea groups is 1. The summed E-state index contributed by atoms with van der Waals surface area (Å²) < 4.78 is 0. The van der Waals surface area contributed by atoms with E-state index in [1.807, 2.05) is 6.92 Å². The van der Waals surface area contributed by atoms with E-state index in [0.29, 0.717) is 10.7 Å². The van der Waals surface area contributed by atoms with Gasteiger partial charge in [-0.05, 0) is 37.3 Å². The third kappa shape index (κ3) is 2.25. The zero-order valence-electron chi connectivity index (χ0n) is 11.6. The van der Waals surface area contributed by atoms with Crippen molar-refractivity contribution in [2.45, 2.75) is 6.92 Å². The fourth-order valence-corrected chi connectivity index (χ4v) is 2.41. The number of hydrogen-bond acceptors (Lipinski definition) is 3. The minimum Gasteiger partial charge on any atom is -0.262 e. The lowest BCUT2D eigenvalue weighted by atomic mass is 10.2. The fraction of sp³-hybridized carbons (Fsp3) is 0.0625. The molecular formula is C16H11ClN2O3. The van der Waals surface area contributed by atoms with Crippen molar-refractivity contribution in [3.05, 3.63) is 59.1 Å². The van der Waals surface area contributed by atoms with E-state index in [1.54, 1.807) is 42.5 Å². The first-order valence-corrected chi connectivity index (χ1v) is 6.91. The molecule has 0 unspecified atom stereocenters. The molecule has 3 rings (SSSR count). The summed E-state index contributed by atoms with van der Waals surface area (Å²) in [5.41, 5.74) is 1.62. The van der Waals surface area contributed by atoms with Gasteiger partial charge in [0.1, 0.15) is 0 Å². The van der Waals surface area contributed by atoms with E-state index >= 15 is 0 Å². The summed E-state index contributed by atoms with van der Waals surface area (Å²) in [7, 11) is 0. The molecule has 1 saturated heterocycles. The van der Waals surface area contributed by atoms with Gasteiger partial charge in [-0.3, -0.25) is 9.59 Å². The molecule has 0 saturated carbocycles. The van der Waals surface area contributed by atoms with Crippen molar-refractivity contribution >= 4 is 40.8 Å². The molecule has 110 valence electrons. The topological polar surface area (TPSA) is 57.7 Å². The van der Waals surface area contributed by atoms with Crippen LogP contribution in [0.25, 0.3) is 0 Å². The zero-order chi connectivity index (χ0) is 15.9. The zero-order valence-corrected chi connectivity index (χ0v) is 12.4. The van der Waals surface area contributed by atoms with Crippen molar-refractivity contribution < 1.29 is 14.4 Å². The number of benzene rings is 2. The van der Waals surface area contributed by atoms with Gasteiger partial charge >= 0.3 is 17.8 Å². The quantitative estimate of drug-likeness (QED) is 0.632. The summed E-state index contributed by atoms with van der Waals surface area (Å²) in [6.45, 7) is 1.89. The van der Waals surface area contributed by atoms with Crippen molar-refractivity contribution in [2.75, 3.05) is 9.80 Å². The number of aryl methyl sites for hydroxylation is 1.